The van der Waals surface area contributed by atoms with Crippen LogP contribution in [0.25, 0.3) is 16.7 Å². The molecule has 0 unspecified atom stereocenters. The second-order valence-electron chi connectivity index (χ2n) is 8.42. The van der Waals surface area contributed by atoms with Gasteiger partial charge in [0.1, 0.15) is 17.5 Å². The second-order valence-corrected chi connectivity index (χ2v) is 8.42. The van der Waals surface area contributed by atoms with Crippen LogP contribution in [-0.4, -0.2) is 24.7 Å². The molecule has 0 spiro atoms. The molecular formula is C27H26N6. The van der Waals surface area contributed by atoms with Crippen LogP contribution in [0.1, 0.15) is 33.9 Å². The van der Waals surface area contributed by atoms with Crippen LogP contribution >= 0.6 is 0 Å². The molecule has 0 aliphatic heterocycles. The molecule has 0 saturated heterocycles. The zero-order valence-corrected chi connectivity index (χ0v) is 19.3. The Morgan fingerprint density at radius 2 is 1.61 bits per heavy atom. The summed E-state index contributed by atoms with van der Waals surface area (Å²) in [5, 5.41) is 9.33. The summed E-state index contributed by atoms with van der Waals surface area (Å²) in [6.45, 7) is 8.03. The fourth-order valence-electron chi connectivity index (χ4n) is 4.02. The van der Waals surface area contributed by atoms with Gasteiger partial charge in [0.25, 0.3) is 0 Å². The minimum absolute atomic E-state index is 0.731. The van der Waals surface area contributed by atoms with Gasteiger partial charge in [-0.15, -0.1) is 0 Å². The molecule has 0 atom stereocenters. The van der Waals surface area contributed by atoms with Gasteiger partial charge in [0, 0.05) is 29.1 Å². The summed E-state index contributed by atoms with van der Waals surface area (Å²) >= 11 is 0. The maximum atomic E-state index is 4.82. The normalized spacial score (nSPS) is 11.2. The van der Waals surface area contributed by atoms with E-state index in [9.17, 15) is 0 Å². The van der Waals surface area contributed by atoms with Gasteiger partial charge in [-0.1, -0.05) is 48.0 Å². The molecule has 0 saturated carbocycles. The molecule has 0 aliphatic rings. The molecule has 6 nitrogen and oxygen atoms in total. The van der Waals surface area contributed by atoms with Crippen LogP contribution in [0.3, 0.4) is 0 Å². The number of nitrogens with one attached hydrogen (secondary N) is 1. The van der Waals surface area contributed by atoms with Crippen LogP contribution in [0.5, 0.6) is 0 Å². The lowest BCUT2D eigenvalue weighted by Gasteiger charge is -2.15. The summed E-state index contributed by atoms with van der Waals surface area (Å²) in [4.78, 5) is 14.2. The van der Waals surface area contributed by atoms with E-state index in [1.54, 1.807) is 0 Å². The largest absolute Gasteiger partial charge is 0.324 e. The molecule has 164 valence electrons. The van der Waals surface area contributed by atoms with Crippen molar-refractivity contribution >= 4 is 22.5 Å². The molecule has 5 rings (SSSR count). The zero-order valence-electron chi connectivity index (χ0n) is 19.3. The average molecular weight is 435 g/mol. The van der Waals surface area contributed by atoms with Crippen molar-refractivity contribution in [1.29, 1.82) is 0 Å². The number of anilines is 2. The highest BCUT2D eigenvalue weighted by Crippen LogP contribution is 2.26. The molecule has 5 aromatic rings. The van der Waals surface area contributed by atoms with Crippen LogP contribution < -0.4 is 5.32 Å². The van der Waals surface area contributed by atoms with Crippen molar-refractivity contribution in [3.63, 3.8) is 0 Å². The van der Waals surface area contributed by atoms with Crippen molar-refractivity contribution in [2.75, 3.05) is 5.32 Å². The number of benzene rings is 2. The first kappa shape index (κ1) is 20.8. The van der Waals surface area contributed by atoms with Crippen molar-refractivity contribution in [2.24, 2.45) is 0 Å². The Morgan fingerprint density at radius 3 is 2.42 bits per heavy atom. The van der Waals surface area contributed by atoms with Crippen molar-refractivity contribution in [3.8, 4) is 5.82 Å². The number of aromatic nitrogens is 5. The first-order valence-electron chi connectivity index (χ1n) is 11.1. The summed E-state index contributed by atoms with van der Waals surface area (Å²) < 4.78 is 1.84. The van der Waals surface area contributed by atoms with Crippen molar-refractivity contribution in [3.05, 3.63) is 101 Å². The number of pyridine rings is 1. The molecule has 0 aliphatic carbocycles. The third kappa shape index (κ3) is 4.32. The SMILES string of the molecule is Cc1ccc(Cc2c(C)nc(C)nc2Nc2cc(C)nn2-c2ccc3ccccc3n2)cc1. The van der Waals surface area contributed by atoms with E-state index in [4.69, 9.17) is 15.1 Å². The first-order valence-corrected chi connectivity index (χ1v) is 11.1. The molecule has 33 heavy (non-hydrogen) atoms. The summed E-state index contributed by atoms with van der Waals surface area (Å²) in [5.41, 5.74) is 6.34. The average Bonchev–Trinajstić information content (AvgIpc) is 3.17. The lowest BCUT2D eigenvalue weighted by atomic mass is 10.0. The number of fused-ring (bicyclic) bond motifs is 1. The van der Waals surface area contributed by atoms with Crippen molar-refractivity contribution in [2.45, 2.75) is 34.1 Å². The molecule has 6 heteroatoms. The molecule has 0 radical (unpaired) electrons. The Bertz CT molecular complexity index is 1450. The number of hydrogen-bond donors (Lipinski definition) is 1. The third-order valence-electron chi connectivity index (χ3n) is 5.71. The van der Waals surface area contributed by atoms with Gasteiger partial charge in [-0.25, -0.2) is 15.0 Å². The standard InChI is InChI=1S/C27H26N6/c1-17-9-11-21(12-10-17)16-23-19(3)28-20(4)29-27(23)31-26-15-18(2)32-33(26)25-14-13-22-7-5-6-8-24(22)30-25/h5-15H,16H2,1-4H3,(H,28,29,31). The number of para-hydroxylation sites is 1. The van der Waals surface area contributed by atoms with E-state index in [0.717, 1.165) is 57.6 Å². The molecule has 0 amide bonds. The zero-order chi connectivity index (χ0) is 22.9. The van der Waals surface area contributed by atoms with Gasteiger partial charge in [0.2, 0.25) is 0 Å². The van der Waals surface area contributed by atoms with Gasteiger partial charge < -0.3 is 5.32 Å². The Hall–Kier alpha value is -4.06. The van der Waals surface area contributed by atoms with Gasteiger partial charge in [-0.05, 0) is 51.5 Å². The Kier molecular flexibility index (Phi) is 5.34. The second kappa shape index (κ2) is 8.47. The van der Waals surface area contributed by atoms with Gasteiger partial charge in [0.05, 0.1) is 11.2 Å². The minimum atomic E-state index is 0.731. The maximum Gasteiger partial charge on any atom is 0.156 e. The van der Waals surface area contributed by atoms with E-state index < -0.39 is 0 Å². The number of rotatable bonds is 5. The fraction of sp³-hybridized carbons (Fsp3) is 0.185. The molecule has 3 heterocycles. The predicted molar refractivity (Wildman–Crippen MR) is 132 cm³/mol. The number of nitrogens with zero attached hydrogens (tertiary/aromatic N) is 5. The summed E-state index contributed by atoms with van der Waals surface area (Å²) in [6.07, 6.45) is 0.746. The van der Waals surface area contributed by atoms with E-state index in [-0.39, 0.29) is 0 Å². The molecule has 0 fully saturated rings. The Labute approximate surface area is 193 Å². The Morgan fingerprint density at radius 1 is 0.818 bits per heavy atom. The molecule has 0 bridgehead atoms. The quantitative estimate of drug-likeness (QED) is 0.380. The van der Waals surface area contributed by atoms with Gasteiger partial charge in [-0.2, -0.15) is 9.78 Å². The maximum absolute atomic E-state index is 4.82. The molecular weight excluding hydrogens is 408 g/mol. The summed E-state index contributed by atoms with van der Waals surface area (Å²) in [5.74, 6) is 3.10. The topological polar surface area (TPSA) is 68.5 Å². The van der Waals surface area contributed by atoms with E-state index >= 15 is 0 Å². The van der Waals surface area contributed by atoms with Crippen LogP contribution in [0.4, 0.5) is 11.6 Å². The highest BCUT2D eigenvalue weighted by Gasteiger charge is 2.16. The van der Waals surface area contributed by atoms with Crippen molar-refractivity contribution in [1.82, 2.24) is 24.7 Å². The summed E-state index contributed by atoms with van der Waals surface area (Å²) in [6, 6.07) is 22.7. The van der Waals surface area contributed by atoms with E-state index in [1.165, 1.54) is 11.1 Å². The van der Waals surface area contributed by atoms with Crippen LogP contribution in [0.15, 0.2) is 66.7 Å². The monoisotopic (exact) mass is 434 g/mol. The van der Waals surface area contributed by atoms with E-state index in [1.807, 2.05) is 55.8 Å². The highest BCUT2D eigenvalue weighted by atomic mass is 15.4. The molecule has 1 N–H and O–H groups in total. The first-order chi connectivity index (χ1) is 16.0. The lowest BCUT2D eigenvalue weighted by Crippen LogP contribution is -2.10. The third-order valence-corrected chi connectivity index (χ3v) is 5.71. The smallest absolute Gasteiger partial charge is 0.156 e. The summed E-state index contributed by atoms with van der Waals surface area (Å²) in [7, 11) is 0. The Balaban J connectivity index is 1.55. The van der Waals surface area contributed by atoms with Crippen LogP contribution in [0.2, 0.25) is 0 Å². The lowest BCUT2D eigenvalue weighted by molar-refractivity contribution is 0.842. The highest BCUT2D eigenvalue weighted by molar-refractivity contribution is 5.79. The van der Waals surface area contributed by atoms with Crippen LogP contribution in [-0.2, 0) is 6.42 Å². The van der Waals surface area contributed by atoms with Gasteiger partial charge >= 0.3 is 0 Å². The predicted octanol–water partition coefficient (Wildman–Crippen LogP) is 5.78. The minimum Gasteiger partial charge on any atom is -0.324 e. The van der Waals surface area contributed by atoms with Gasteiger partial charge in [-0.3, -0.25) is 0 Å². The molecule has 3 aromatic heterocycles. The number of hydrogen-bond acceptors (Lipinski definition) is 5. The van der Waals surface area contributed by atoms with E-state index in [2.05, 4.69) is 53.6 Å². The molecule has 2 aromatic carbocycles. The van der Waals surface area contributed by atoms with Gasteiger partial charge in [0.15, 0.2) is 5.82 Å². The van der Waals surface area contributed by atoms with Crippen LogP contribution in [0, 0.1) is 27.7 Å². The van der Waals surface area contributed by atoms with Crippen molar-refractivity contribution < 1.29 is 0 Å². The fourth-order valence-corrected chi connectivity index (χ4v) is 4.02. The van der Waals surface area contributed by atoms with E-state index in [0.29, 0.717) is 0 Å². The number of aryl methyl sites for hydroxylation is 4.